The molecule has 4 nitrogen and oxygen atoms in total. The quantitative estimate of drug-likeness (QED) is 0.833. The number of ether oxygens (including phenoxy) is 2. The normalized spacial score (nSPS) is 32.9. The molecule has 1 aliphatic heterocycles. The van der Waals surface area contributed by atoms with Crippen LogP contribution in [0.4, 0.5) is 0 Å². The first kappa shape index (κ1) is 13.5. The number of fused-ring (bicyclic) bond motifs is 1. The molecule has 0 N–H and O–H groups in total. The maximum Gasteiger partial charge on any atom is 0.213 e. The minimum atomic E-state index is 0.426. The molecule has 0 amide bonds. The second-order valence-electron chi connectivity index (χ2n) is 6.73. The summed E-state index contributed by atoms with van der Waals surface area (Å²) in [5, 5.41) is 0. The van der Waals surface area contributed by atoms with E-state index in [4.69, 9.17) is 9.47 Å². The van der Waals surface area contributed by atoms with Crippen LogP contribution in [-0.2, 0) is 4.74 Å². The fourth-order valence-corrected chi connectivity index (χ4v) is 3.76. The second-order valence-corrected chi connectivity index (χ2v) is 6.73. The molecule has 0 bridgehead atoms. The summed E-state index contributed by atoms with van der Waals surface area (Å²) in [6.45, 7) is 4.08. The van der Waals surface area contributed by atoms with Gasteiger partial charge < -0.3 is 9.47 Å². The third kappa shape index (κ3) is 3.22. The zero-order valence-electron chi connectivity index (χ0n) is 12.5. The summed E-state index contributed by atoms with van der Waals surface area (Å²) in [6, 6.07) is 6.44. The van der Waals surface area contributed by atoms with Crippen LogP contribution in [0.25, 0.3) is 0 Å². The van der Waals surface area contributed by atoms with Gasteiger partial charge in [-0.3, -0.25) is 4.90 Å². The van der Waals surface area contributed by atoms with Crippen molar-refractivity contribution in [3.05, 3.63) is 24.4 Å². The first-order chi connectivity index (χ1) is 10.4. The van der Waals surface area contributed by atoms with Crippen molar-refractivity contribution >= 4 is 0 Å². The van der Waals surface area contributed by atoms with Crippen LogP contribution in [0.15, 0.2) is 24.4 Å². The number of aromatic nitrogens is 1. The van der Waals surface area contributed by atoms with Crippen LogP contribution >= 0.6 is 0 Å². The molecule has 1 aromatic rings. The molecule has 4 rings (SSSR count). The lowest BCUT2D eigenvalue weighted by atomic mass is 10.1. The van der Waals surface area contributed by atoms with E-state index < -0.39 is 0 Å². The second kappa shape index (κ2) is 5.93. The average Bonchev–Trinajstić information content (AvgIpc) is 3.23. The van der Waals surface area contributed by atoms with E-state index in [0.717, 1.165) is 38.0 Å². The standard InChI is InChI=1S/C17H24N2O2/c1-2-6-18-17(3-1)21-12-14-9-15-16(10-14)20-8-7-19(15)11-13-4-5-13/h1-3,6,13-16H,4-5,7-12H2/t14-,15-,16-/m0/s1. The van der Waals surface area contributed by atoms with Crippen molar-refractivity contribution in [3.63, 3.8) is 0 Å². The maximum absolute atomic E-state index is 6.00. The molecule has 3 aliphatic rings. The molecule has 3 fully saturated rings. The molecule has 0 unspecified atom stereocenters. The smallest absolute Gasteiger partial charge is 0.213 e. The first-order valence-corrected chi connectivity index (χ1v) is 8.28. The minimum absolute atomic E-state index is 0.426. The SMILES string of the molecule is c1ccc(OC[C@@H]2C[C@@H]3OCCN(CC4CC4)[C@H]3C2)nc1. The fraction of sp³-hybridized carbons (Fsp3) is 0.706. The fourth-order valence-electron chi connectivity index (χ4n) is 3.76. The van der Waals surface area contributed by atoms with Crippen molar-refractivity contribution in [1.29, 1.82) is 0 Å². The summed E-state index contributed by atoms with van der Waals surface area (Å²) in [5.41, 5.74) is 0. The van der Waals surface area contributed by atoms with Crippen molar-refractivity contribution in [3.8, 4) is 5.88 Å². The summed E-state index contributed by atoms with van der Waals surface area (Å²) >= 11 is 0. The van der Waals surface area contributed by atoms with E-state index in [1.54, 1.807) is 6.20 Å². The summed E-state index contributed by atoms with van der Waals surface area (Å²) in [5.74, 6) is 2.30. The number of nitrogens with zero attached hydrogens (tertiary/aromatic N) is 2. The maximum atomic E-state index is 6.00. The summed E-state index contributed by atoms with van der Waals surface area (Å²) in [4.78, 5) is 6.92. The van der Waals surface area contributed by atoms with Crippen LogP contribution in [0, 0.1) is 11.8 Å². The Hall–Kier alpha value is -1.13. The minimum Gasteiger partial charge on any atom is -0.477 e. The highest BCUT2D eigenvalue weighted by molar-refractivity contribution is 5.09. The van der Waals surface area contributed by atoms with Gasteiger partial charge in [-0.25, -0.2) is 4.98 Å². The van der Waals surface area contributed by atoms with Gasteiger partial charge in [-0.2, -0.15) is 0 Å². The largest absolute Gasteiger partial charge is 0.477 e. The Labute approximate surface area is 126 Å². The lowest BCUT2D eigenvalue weighted by Gasteiger charge is -2.37. The molecule has 4 heteroatoms. The molecule has 0 radical (unpaired) electrons. The van der Waals surface area contributed by atoms with Crippen LogP contribution in [0.3, 0.4) is 0 Å². The van der Waals surface area contributed by atoms with Gasteiger partial charge in [-0.05, 0) is 43.6 Å². The highest BCUT2D eigenvalue weighted by atomic mass is 16.5. The third-order valence-electron chi connectivity index (χ3n) is 5.04. The van der Waals surface area contributed by atoms with Gasteiger partial charge in [0.1, 0.15) is 0 Å². The highest BCUT2D eigenvalue weighted by Gasteiger charge is 2.42. The number of morpholine rings is 1. The Morgan fingerprint density at radius 1 is 1.24 bits per heavy atom. The van der Waals surface area contributed by atoms with Gasteiger partial charge in [-0.15, -0.1) is 0 Å². The molecule has 1 aromatic heterocycles. The molecule has 0 spiro atoms. The van der Waals surface area contributed by atoms with E-state index in [-0.39, 0.29) is 0 Å². The zero-order chi connectivity index (χ0) is 14.1. The molecule has 1 saturated heterocycles. The van der Waals surface area contributed by atoms with E-state index in [0.29, 0.717) is 18.1 Å². The van der Waals surface area contributed by atoms with Crippen molar-refractivity contribution in [2.45, 2.75) is 37.8 Å². The van der Waals surface area contributed by atoms with Gasteiger partial charge in [0.15, 0.2) is 0 Å². The summed E-state index contributed by atoms with van der Waals surface area (Å²) in [6.07, 6.45) is 7.42. The number of rotatable bonds is 5. The van der Waals surface area contributed by atoms with Crippen LogP contribution in [0.2, 0.25) is 0 Å². The van der Waals surface area contributed by atoms with Crippen LogP contribution in [-0.4, -0.2) is 48.3 Å². The zero-order valence-corrected chi connectivity index (χ0v) is 12.5. The van der Waals surface area contributed by atoms with Gasteiger partial charge in [-0.1, -0.05) is 6.07 Å². The monoisotopic (exact) mass is 288 g/mol. The summed E-state index contributed by atoms with van der Waals surface area (Å²) in [7, 11) is 0. The number of pyridine rings is 1. The van der Waals surface area contributed by atoms with Gasteiger partial charge in [0.05, 0.1) is 19.3 Å². The van der Waals surface area contributed by atoms with Crippen LogP contribution in [0.1, 0.15) is 25.7 Å². The van der Waals surface area contributed by atoms with Gasteiger partial charge >= 0.3 is 0 Å². The summed E-state index contributed by atoms with van der Waals surface area (Å²) < 4.78 is 11.8. The predicted molar refractivity (Wildman–Crippen MR) is 80.3 cm³/mol. The molecule has 21 heavy (non-hydrogen) atoms. The molecular formula is C17H24N2O2. The lowest BCUT2D eigenvalue weighted by Crippen LogP contribution is -2.49. The average molecular weight is 288 g/mol. The van der Waals surface area contributed by atoms with Crippen molar-refractivity contribution in [2.24, 2.45) is 11.8 Å². The molecular weight excluding hydrogens is 264 g/mol. The van der Waals surface area contributed by atoms with Crippen molar-refractivity contribution in [2.75, 3.05) is 26.3 Å². The topological polar surface area (TPSA) is 34.6 Å². The molecule has 0 aromatic carbocycles. The third-order valence-corrected chi connectivity index (χ3v) is 5.04. The van der Waals surface area contributed by atoms with E-state index in [1.807, 2.05) is 18.2 Å². The van der Waals surface area contributed by atoms with E-state index in [9.17, 15) is 0 Å². The molecule has 2 aliphatic carbocycles. The van der Waals surface area contributed by atoms with Crippen molar-refractivity contribution in [1.82, 2.24) is 9.88 Å². The lowest BCUT2D eigenvalue weighted by molar-refractivity contribution is -0.0571. The Morgan fingerprint density at radius 2 is 2.19 bits per heavy atom. The van der Waals surface area contributed by atoms with Gasteiger partial charge in [0.25, 0.3) is 0 Å². The van der Waals surface area contributed by atoms with E-state index in [1.165, 1.54) is 25.8 Å². The highest BCUT2D eigenvalue weighted by Crippen LogP contribution is 2.37. The Kier molecular flexibility index (Phi) is 3.82. The van der Waals surface area contributed by atoms with Gasteiger partial charge in [0.2, 0.25) is 5.88 Å². The molecule has 114 valence electrons. The molecule has 2 heterocycles. The van der Waals surface area contributed by atoms with Crippen LogP contribution in [0.5, 0.6) is 5.88 Å². The Balaban J connectivity index is 1.32. The molecule has 3 atom stereocenters. The number of hydrogen-bond donors (Lipinski definition) is 0. The number of hydrogen-bond acceptors (Lipinski definition) is 4. The Morgan fingerprint density at radius 3 is 3.00 bits per heavy atom. The van der Waals surface area contributed by atoms with E-state index >= 15 is 0 Å². The Bertz CT molecular complexity index is 463. The van der Waals surface area contributed by atoms with E-state index in [2.05, 4.69) is 9.88 Å². The predicted octanol–water partition coefficient (Wildman–Crippen LogP) is 2.35. The van der Waals surface area contributed by atoms with Crippen molar-refractivity contribution < 1.29 is 9.47 Å². The van der Waals surface area contributed by atoms with Gasteiger partial charge in [0, 0.05) is 31.4 Å². The molecule has 2 saturated carbocycles. The van der Waals surface area contributed by atoms with Crippen LogP contribution < -0.4 is 4.74 Å². The first-order valence-electron chi connectivity index (χ1n) is 8.28.